The Hall–Kier alpha value is -2.81. The fourth-order valence-corrected chi connectivity index (χ4v) is 3.88. The number of halogens is 6. The zero-order valence-corrected chi connectivity index (χ0v) is 16.7. The van der Waals surface area contributed by atoms with Gasteiger partial charge in [0.2, 0.25) is 11.0 Å². The molecule has 1 N–H and O–H groups in total. The number of aromatic hydroxyl groups is 1. The topological polar surface area (TPSA) is 89.1 Å². The lowest BCUT2D eigenvalue weighted by molar-refractivity contribution is -0.143. The Balaban J connectivity index is 1.86. The first-order valence-electron chi connectivity index (χ1n) is 8.10. The number of fused-ring (bicyclic) bond motifs is 2. The number of hydrogen-bond donors (Lipinski definition) is 1. The molecule has 0 atom stereocenters. The van der Waals surface area contributed by atoms with Crippen molar-refractivity contribution in [1.82, 2.24) is 24.8 Å². The van der Waals surface area contributed by atoms with Crippen molar-refractivity contribution in [3.8, 4) is 17.3 Å². The number of alkyl halides is 6. The van der Waals surface area contributed by atoms with Gasteiger partial charge in [-0.25, -0.2) is 4.98 Å². The van der Waals surface area contributed by atoms with Gasteiger partial charge in [0.25, 0.3) is 0 Å². The van der Waals surface area contributed by atoms with E-state index in [9.17, 15) is 31.4 Å². The van der Waals surface area contributed by atoms with Gasteiger partial charge in [0, 0.05) is 5.56 Å². The third-order valence-electron chi connectivity index (χ3n) is 4.00. The number of nitrogens with zero attached hydrogens (tertiary/aromatic N) is 6. The second-order valence-electron chi connectivity index (χ2n) is 6.01. The van der Waals surface area contributed by atoms with Crippen LogP contribution in [0.1, 0.15) is 16.7 Å². The van der Waals surface area contributed by atoms with Crippen molar-refractivity contribution < 1.29 is 31.4 Å². The molecule has 31 heavy (non-hydrogen) atoms. The van der Waals surface area contributed by atoms with Crippen LogP contribution in [0.15, 0.2) is 38.6 Å². The third-order valence-corrected chi connectivity index (χ3v) is 5.49. The van der Waals surface area contributed by atoms with Crippen molar-refractivity contribution in [3.63, 3.8) is 0 Å². The molecule has 0 amide bonds. The minimum atomic E-state index is -5.01. The van der Waals surface area contributed by atoms with E-state index >= 15 is 0 Å². The number of hydrogen-bond acceptors (Lipinski definition) is 8. The molecule has 0 fully saturated rings. The summed E-state index contributed by atoms with van der Waals surface area (Å²) in [5, 5.41) is 22.1. The Morgan fingerprint density at radius 1 is 0.968 bits per heavy atom. The molecule has 162 valence electrons. The summed E-state index contributed by atoms with van der Waals surface area (Å²) < 4.78 is 80.1. The summed E-state index contributed by atoms with van der Waals surface area (Å²) in [5.41, 5.74) is -3.34. The largest absolute Gasteiger partial charge is 0.493 e. The van der Waals surface area contributed by atoms with Gasteiger partial charge in [-0.15, -0.1) is 10.2 Å². The van der Waals surface area contributed by atoms with E-state index in [0.717, 1.165) is 34.4 Å². The van der Waals surface area contributed by atoms with E-state index in [0.29, 0.717) is 12.1 Å². The lowest BCUT2D eigenvalue weighted by Gasteiger charge is -2.13. The summed E-state index contributed by atoms with van der Waals surface area (Å²) in [5.74, 6) is -0.731. The normalized spacial score (nSPS) is 13.6. The van der Waals surface area contributed by atoms with Gasteiger partial charge in [-0.05, 0) is 36.2 Å². The van der Waals surface area contributed by atoms with E-state index in [2.05, 4.69) is 25.3 Å². The van der Waals surface area contributed by atoms with Gasteiger partial charge in [-0.1, -0.05) is 11.8 Å². The first kappa shape index (κ1) is 21.4. The molecule has 3 heterocycles. The zero-order chi connectivity index (χ0) is 22.6. The molecule has 0 aliphatic carbocycles. The molecule has 15 heteroatoms. The van der Waals surface area contributed by atoms with Gasteiger partial charge >= 0.3 is 12.4 Å². The van der Waals surface area contributed by atoms with Gasteiger partial charge in [0.15, 0.2) is 11.0 Å². The highest BCUT2D eigenvalue weighted by Gasteiger charge is 2.37. The highest BCUT2D eigenvalue weighted by atomic mass is 32.2. The SMILES string of the molecule is CSc1nc(O)c2c(n1)Sc1nnc(-c3cc(C(F)(F)F)cc(C(F)(F)F)c3)n1N=C2. The van der Waals surface area contributed by atoms with Crippen molar-refractivity contribution in [3.05, 3.63) is 34.9 Å². The van der Waals surface area contributed by atoms with E-state index in [1.807, 2.05) is 0 Å². The van der Waals surface area contributed by atoms with Crippen LogP contribution < -0.4 is 0 Å². The molecule has 4 rings (SSSR count). The van der Waals surface area contributed by atoms with Crippen LogP contribution in [0.2, 0.25) is 0 Å². The predicted molar refractivity (Wildman–Crippen MR) is 98.1 cm³/mol. The molecule has 0 spiro atoms. The molecular weight excluding hydrogens is 470 g/mol. The first-order valence-corrected chi connectivity index (χ1v) is 10.1. The van der Waals surface area contributed by atoms with Crippen molar-refractivity contribution >= 4 is 29.7 Å². The second kappa shape index (κ2) is 7.40. The third kappa shape index (κ3) is 4.06. The van der Waals surface area contributed by atoms with Crippen molar-refractivity contribution in [1.29, 1.82) is 0 Å². The molecule has 0 unspecified atom stereocenters. The van der Waals surface area contributed by atoms with Gasteiger partial charge in [-0.3, -0.25) is 0 Å². The average molecular weight is 478 g/mol. The highest BCUT2D eigenvalue weighted by Crippen LogP contribution is 2.40. The maximum Gasteiger partial charge on any atom is 0.416 e. The van der Waals surface area contributed by atoms with Gasteiger partial charge in [-0.2, -0.15) is 41.1 Å². The average Bonchev–Trinajstić information content (AvgIpc) is 2.98. The Morgan fingerprint density at radius 3 is 2.19 bits per heavy atom. The van der Waals surface area contributed by atoms with Crippen LogP contribution in [-0.2, 0) is 12.4 Å². The van der Waals surface area contributed by atoms with E-state index in [-0.39, 0.29) is 38.7 Å². The minimum absolute atomic E-state index is 0.0225. The van der Waals surface area contributed by atoms with E-state index in [1.165, 1.54) is 0 Å². The summed E-state index contributed by atoms with van der Waals surface area (Å²) in [4.78, 5) is 8.07. The molecule has 7 nitrogen and oxygen atoms in total. The van der Waals surface area contributed by atoms with E-state index < -0.39 is 29.0 Å². The number of rotatable bonds is 2. The summed E-state index contributed by atoms with van der Waals surface area (Å²) in [6, 6.07) is 1.09. The first-order chi connectivity index (χ1) is 14.5. The van der Waals surface area contributed by atoms with Gasteiger partial charge < -0.3 is 5.11 Å². The maximum atomic E-state index is 13.2. The van der Waals surface area contributed by atoms with Crippen LogP contribution in [0.4, 0.5) is 26.3 Å². The summed E-state index contributed by atoms with van der Waals surface area (Å²) >= 11 is 2.04. The fraction of sp³-hybridized carbons (Fsp3) is 0.188. The van der Waals surface area contributed by atoms with Crippen LogP contribution in [0.25, 0.3) is 11.4 Å². The van der Waals surface area contributed by atoms with Crippen LogP contribution in [0, 0.1) is 0 Å². The molecular formula is C16H8F6N6OS2. The molecule has 0 radical (unpaired) electrons. The molecule has 1 aliphatic rings. The molecule has 0 bridgehead atoms. The highest BCUT2D eigenvalue weighted by molar-refractivity contribution is 7.99. The molecule has 0 saturated heterocycles. The molecule has 1 aromatic carbocycles. The predicted octanol–water partition coefficient (Wildman–Crippen LogP) is 4.55. The van der Waals surface area contributed by atoms with Crippen LogP contribution in [0.5, 0.6) is 5.88 Å². The Morgan fingerprint density at radius 2 is 1.61 bits per heavy atom. The number of aromatic nitrogens is 5. The molecule has 2 aromatic heterocycles. The molecule has 0 saturated carbocycles. The molecule has 3 aromatic rings. The van der Waals surface area contributed by atoms with Gasteiger partial charge in [0.05, 0.1) is 22.9 Å². The summed E-state index contributed by atoms with van der Waals surface area (Å²) in [6.45, 7) is 0. The number of thioether (sulfide) groups is 1. The van der Waals surface area contributed by atoms with Crippen LogP contribution >= 0.6 is 23.5 Å². The maximum absolute atomic E-state index is 13.2. The van der Waals surface area contributed by atoms with E-state index in [1.54, 1.807) is 6.26 Å². The molecule has 1 aliphatic heterocycles. The smallest absolute Gasteiger partial charge is 0.416 e. The monoisotopic (exact) mass is 478 g/mol. The standard InChI is InChI=1S/C16H8F6N6OS2/c1-30-13-24-11(29)9-5-23-28-10(26-27-14(28)31-12(9)25-13)6-2-7(15(17,18)19)4-8(3-6)16(20,21)22/h2-5H,1H3,(H,24,25,29). The Labute approximate surface area is 177 Å². The van der Waals surface area contributed by atoms with E-state index in [4.69, 9.17) is 0 Å². The van der Waals surface area contributed by atoms with Crippen LogP contribution in [-0.4, -0.2) is 42.4 Å². The van der Waals surface area contributed by atoms with Crippen molar-refractivity contribution in [2.45, 2.75) is 27.7 Å². The van der Waals surface area contributed by atoms with Crippen LogP contribution in [0.3, 0.4) is 0 Å². The Bertz CT molecular complexity index is 1170. The number of benzene rings is 1. The van der Waals surface area contributed by atoms with Crippen molar-refractivity contribution in [2.24, 2.45) is 5.10 Å². The fourth-order valence-electron chi connectivity index (χ4n) is 2.60. The quantitative estimate of drug-likeness (QED) is 0.196. The zero-order valence-electron chi connectivity index (χ0n) is 15.0. The lowest BCUT2D eigenvalue weighted by atomic mass is 10.0. The Kier molecular flexibility index (Phi) is 5.12. The minimum Gasteiger partial charge on any atom is -0.493 e. The van der Waals surface area contributed by atoms with Gasteiger partial charge in [0.1, 0.15) is 5.03 Å². The summed E-state index contributed by atoms with van der Waals surface area (Å²) in [6.07, 6.45) is -7.21. The van der Waals surface area contributed by atoms with Crippen molar-refractivity contribution in [2.75, 3.05) is 6.26 Å². The second-order valence-corrected chi connectivity index (χ2v) is 7.74. The summed E-state index contributed by atoms with van der Waals surface area (Å²) in [7, 11) is 0. The lowest BCUT2D eigenvalue weighted by Crippen LogP contribution is -2.11.